The molecule has 4 aliphatic carbocycles. The zero-order valence-corrected chi connectivity index (χ0v) is 20.6. The predicted octanol–water partition coefficient (Wildman–Crippen LogP) is 3.64. The highest BCUT2D eigenvalue weighted by molar-refractivity contribution is 6.01. The van der Waals surface area contributed by atoms with Gasteiger partial charge in [0.2, 0.25) is 5.78 Å². The van der Waals surface area contributed by atoms with Crippen molar-refractivity contribution in [2.75, 3.05) is 6.61 Å². The second-order valence-corrected chi connectivity index (χ2v) is 11.3. The second-order valence-electron chi connectivity index (χ2n) is 11.3. The molecule has 0 aromatic carbocycles. The Morgan fingerprint density at radius 3 is 2.62 bits per heavy atom. The maximum absolute atomic E-state index is 17.3. The number of halogens is 1. The summed E-state index contributed by atoms with van der Waals surface area (Å²) in [5.74, 6) is -2.62. The van der Waals surface area contributed by atoms with E-state index in [4.69, 9.17) is 4.74 Å². The van der Waals surface area contributed by atoms with Gasteiger partial charge in [-0.2, -0.15) is 0 Å². The highest BCUT2D eigenvalue weighted by atomic mass is 19.1. The van der Waals surface area contributed by atoms with Crippen LogP contribution in [0.1, 0.15) is 72.6 Å². The molecule has 34 heavy (non-hydrogen) atoms. The molecule has 0 aromatic heterocycles. The predicted molar refractivity (Wildman–Crippen MR) is 123 cm³/mol. The molecule has 8 atom stereocenters. The van der Waals surface area contributed by atoms with Crippen LogP contribution in [0.5, 0.6) is 0 Å². The third-order valence-corrected chi connectivity index (χ3v) is 9.75. The number of carbonyl (C=O) groups excluding carboxylic acids is 3. The molecule has 3 saturated carbocycles. The highest BCUT2D eigenvalue weighted by Crippen LogP contribution is 2.71. The average Bonchev–Trinajstić information content (AvgIpc) is 3.00. The molecule has 0 heterocycles. The van der Waals surface area contributed by atoms with Gasteiger partial charge in [-0.15, -0.1) is 0 Å². The van der Waals surface area contributed by atoms with Crippen molar-refractivity contribution in [3.63, 3.8) is 0 Å². The van der Waals surface area contributed by atoms with Gasteiger partial charge in [-0.1, -0.05) is 38.8 Å². The second kappa shape index (κ2) is 8.37. The molecular weight excluding hydrogens is 439 g/mol. The van der Waals surface area contributed by atoms with Gasteiger partial charge in [0.05, 0.1) is 6.10 Å². The summed E-state index contributed by atoms with van der Waals surface area (Å²) in [6.45, 7) is 6.55. The summed E-state index contributed by atoms with van der Waals surface area (Å²) < 4.78 is 23.3. The molecule has 6 nitrogen and oxygen atoms in total. The number of ether oxygens (including phenoxy) is 1. The Hall–Kier alpha value is -1.86. The first kappa shape index (κ1) is 25.2. The number of unbranched alkanes of at least 4 members (excludes halogenated alkanes) is 1. The van der Waals surface area contributed by atoms with Crippen molar-refractivity contribution in [3.05, 3.63) is 23.8 Å². The van der Waals surface area contributed by atoms with Gasteiger partial charge in [0, 0.05) is 29.1 Å². The zero-order valence-electron chi connectivity index (χ0n) is 20.6. The van der Waals surface area contributed by atoms with Crippen molar-refractivity contribution in [1.29, 1.82) is 0 Å². The Bertz CT molecular complexity index is 957. The molecule has 0 radical (unpaired) electrons. The fourth-order valence-corrected chi connectivity index (χ4v) is 8.07. The lowest BCUT2D eigenvalue weighted by Crippen LogP contribution is -2.70. The first-order valence-electron chi connectivity index (χ1n) is 12.6. The normalized spacial score (nSPS) is 45.1. The minimum Gasteiger partial charge on any atom is -0.450 e. The van der Waals surface area contributed by atoms with Crippen LogP contribution in [0.2, 0.25) is 0 Å². The summed E-state index contributed by atoms with van der Waals surface area (Å²) >= 11 is 0. The molecule has 0 aliphatic heterocycles. The Labute approximate surface area is 200 Å². The Balaban J connectivity index is 1.80. The lowest BCUT2D eigenvalue weighted by molar-refractivity contribution is -0.228. The van der Waals surface area contributed by atoms with E-state index in [1.54, 1.807) is 13.0 Å². The number of ketones is 2. The molecule has 0 bridgehead atoms. The third-order valence-electron chi connectivity index (χ3n) is 9.75. The lowest BCUT2D eigenvalue weighted by Gasteiger charge is -2.62. The number of esters is 1. The minimum absolute atomic E-state index is 0.0769. The lowest BCUT2D eigenvalue weighted by atomic mass is 9.44. The van der Waals surface area contributed by atoms with E-state index in [0.29, 0.717) is 31.3 Å². The fourth-order valence-electron chi connectivity index (χ4n) is 8.07. The number of alkyl halides is 1. The van der Waals surface area contributed by atoms with E-state index in [-0.39, 0.29) is 24.5 Å². The topological polar surface area (TPSA) is 101 Å². The molecule has 3 fully saturated rings. The van der Waals surface area contributed by atoms with Crippen LogP contribution in [0.15, 0.2) is 23.8 Å². The molecule has 0 spiro atoms. The van der Waals surface area contributed by atoms with Gasteiger partial charge in [-0.05, 0) is 57.1 Å². The molecule has 0 saturated heterocycles. The molecule has 0 aromatic rings. The Kier molecular flexibility index (Phi) is 6.21. The number of hydrogen-bond acceptors (Lipinski definition) is 6. The van der Waals surface area contributed by atoms with Gasteiger partial charge in [0.1, 0.15) is 6.61 Å². The van der Waals surface area contributed by atoms with Crippen LogP contribution in [0.25, 0.3) is 0 Å². The maximum atomic E-state index is 17.3. The summed E-state index contributed by atoms with van der Waals surface area (Å²) in [4.78, 5) is 38.1. The number of rotatable bonds is 6. The van der Waals surface area contributed by atoms with Gasteiger partial charge < -0.3 is 14.9 Å². The maximum Gasteiger partial charge on any atom is 0.306 e. The van der Waals surface area contributed by atoms with Crippen LogP contribution < -0.4 is 0 Å². The molecule has 4 rings (SSSR count). The van der Waals surface area contributed by atoms with Crippen LogP contribution in [0.4, 0.5) is 4.39 Å². The Morgan fingerprint density at radius 2 is 1.97 bits per heavy atom. The van der Waals surface area contributed by atoms with Crippen LogP contribution in [0, 0.1) is 28.6 Å². The number of aliphatic hydroxyl groups is 2. The van der Waals surface area contributed by atoms with E-state index < -0.39 is 58.4 Å². The molecule has 4 aliphatic rings. The standard InChI is InChI=1S/C27H37FO6/c1-5-6-7-23(33)34-27(22(32)15-29)16(2)12-20-19-9-8-17-13-18(30)10-11-24(17,3)26(19,28)21(31)14-25(20,27)4/h10-11,13,16,19-21,29,31H,5-9,12,14-15H2,1-4H3/t16?,19?,20?,21-,24?,25?,26-,27?/m0/s1. The smallest absolute Gasteiger partial charge is 0.306 e. The molecule has 2 N–H and O–H groups in total. The van der Waals surface area contributed by atoms with E-state index in [0.717, 1.165) is 6.42 Å². The average molecular weight is 477 g/mol. The van der Waals surface area contributed by atoms with E-state index in [1.165, 1.54) is 12.2 Å². The summed E-state index contributed by atoms with van der Waals surface area (Å²) in [7, 11) is 0. The van der Waals surface area contributed by atoms with E-state index in [1.807, 2.05) is 20.8 Å². The summed E-state index contributed by atoms with van der Waals surface area (Å²) in [5, 5.41) is 21.4. The molecule has 188 valence electrons. The largest absolute Gasteiger partial charge is 0.450 e. The van der Waals surface area contributed by atoms with Crippen LogP contribution >= 0.6 is 0 Å². The number of Topliss-reactive ketones (excluding diaryl/α,β-unsaturated/α-hetero) is 1. The van der Waals surface area contributed by atoms with Gasteiger partial charge in [0.25, 0.3) is 0 Å². The SMILES string of the molecule is CCCCC(=O)OC1(C(=O)CO)C(C)CC2C3CCC4=CC(=O)C=CC4(C)[C@@]3(F)[C@@H](O)CC21C. The van der Waals surface area contributed by atoms with Crippen LogP contribution in [0.3, 0.4) is 0 Å². The number of carbonyl (C=O) groups is 3. The Morgan fingerprint density at radius 1 is 1.26 bits per heavy atom. The molecule has 0 amide bonds. The van der Waals surface area contributed by atoms with E-state index in [9.17, 15) is 24.6 Å². The summed E-state index contributed by atoms with van der Waals surface area (Å²) in [6.07, 6.45) is 5.92. The number of allylic oxidation sites excluding steroid dienone is 4. The minimum atomic E-state index is -2.03. The van der Waals surface area contributed by atoms with Gasteiger partial charge in [-0.3, -0.25) is 14.4 Å². The molecular formula is C27H37FO6. The van der Waals surface area contributed by atoms with Crippen molar-refractivity contribution >= 4 is 17.5 Å². The number of fused-ring (bicyclic) bond motifs is 5. The molecule has 7 heteroatoms. The fraction of sp³-hybridized carbons (Fsp3) is 0.741. The first-order chi connectivity index (χ1) is 15.9. The highest BCUT2D eigenvalue weighted by Gasteiger charge is 2.77. The van der Waals surface area contributed by atoms with Crippen molar-refractivity contribution in [1.82, 2.24) is 0 Å². The number of hydrogen-bond donors (Lipinski definition) is 2. The van der Waals surface area contributed by atoms with E-state index >= 15 is 4.39 Å². The van der Waals surface area contributed by atoms with Crippen molar-refractivity contribution in [2.45, 2.75) is 90.0 Å². The van der Waals surface area contributed by atoms with Gasteiger partial charge >= 0.3 is 5.97 Å². The monoisotopic (exact) mass is 476 g/mol. The van der Waals surface area contributed by atoms with Crippen LogP contribution in [-0.2, 0) is 19.1 Å². The van der Waals surface area contributed by atoms with E-state index in [2.05, 4.69) is 0 Å². The third kappa shape index (κ3) is 3.08. The van der Waals surface area contributed by atoms with Gasteiger partial charge in [0.15, 0.2) is 17.1 Å². The van der Waals surface area contributed by atoms with Crippen molar-refractivity contribution in [2.24, 2.45) is 28.6 Å². The summed E-state index contributed by atoms with van der Waals surface area (Å²) in [6, 6.07) is 0. The van der Waals surface area contributed by atoms with Gasteiger partial charge in [-0.25, -0.2) is 4.39 Å². The van der Waals surface area contributed by atoms with Crippen molar-refractivity contribution < 1.29 is 33.7 Å². The first-order valence-corrected chi connectivity index (χ1v) is 12.6. The summed E-state index contributed by atoms with van der Waals surface area (Å²) in [5.41, 5.74) is -5.11. The molecule has 6 unspecified atom stereocenters. The zero-order chi connectivity index (χ0) is 25.1. The van der Waals surface area contributed by atoms with Crippen LogP contribution in [-0.4, -0.2) is 51.7 Å². The number of aliphatic hydroxyl groups excluding tert-OH is 2. The van der Waals surface area contributed by atoms with Crippen molar-refractivity contribution in [3.8, 4) is 0 Å². The quantitative estimate of drug-likeness (QED) is 0.568.